The van der Waals surface area contributed by atoms with Crippen molar-refractivity contribution in [2.24, 2.45) is 11.3 Å². The number of hydrogen-bond acceptors (Lipinski definition) is 3. The Labute approximate surface area is 76.5 Å². The van der Waals surface area contributed by atoms with Crippen LogP contribution in [0.4, 0.5) is 0 Å². The third-order valence-corrected chi connectivity index (χ3v) is 3.35. The maximum absolute atomic E-state index is 10.7. The van der Waals surface area contributed by atoms with Gasteiger partial charge in [0.15, 0.2) is 6.10 Å². The maximum atomic E-state index is 10.7. The zero-order valence-corrected chi connectivity index (χ0v) is 7.40. The van der Waals surface area contributed by atoms with E-state index >= 15 is 0 Å². The fourth-order valence-corrected chi connectivity index (χ4v) is 2.28. The van der Waals surface area contributed by atoms with E-state index in [9.17, 15) is 9.90 Å². The van der Waals surface area contributed by atoms with Crippen LogP contribution in [0.25, 0.3) is 0 Å². The van der Waals surface area contributed by atoms with Crippen LogP contribution in [0.1, 0.15) is 19.3 Å². The summed E-state index contributed by atoms with van der Waals surface area (Å²) in [4.78, 5) is 10.7. The second-order valence-electron chi connectivity index (χ2n) is 4.03. The van der Waals surface area contributed by atoms with Crippen molar-refractivity contribution in [3.8, 4) is 0 Å². The molecule has 1 aliphatic carbocycles. The molecular weight excluding hydrogens is 172 g/mol. The Kier molecular flexibility index (Phi) is 2.04. The molecule has 13 heavy (non-hydrogen) atoms. The Morgan fingerprint density at radius 1 is 1.54 bits per heavy atom. The van der Waals surface area contributed by atoms with Crippen molar-refractivity contribution in [1.29, 1.82) is 0 Å². The summed E-state index contributed by atoms with van der Waals surface area (Å²) < 4.78 is 5.21. The average Bonchev–Trinajstić information content (AvgIpc) is 2.72. The summed E-state index contributed by atoms with van der Waals surface area (Å²) in [5.41, 5.74) is -0.359. The summed E-state index contributed by atoms with van der Waals surface area (Å²) in [5.74, 6) is -0.844. The predicted molar refractivity (Wildman–Crippen MR) is 44.2 cm³/mol. The summed E-state index contributed by atoms with van der Waals surface area (Å²) in [6.07, 6.45) is 1.35. The monoisotopic (exact) mass is 186 g/mol. The molecule has 4 nitrogen and oxygen atoms in total. The van der Waals surface area contributed by atoms with Gasteiger partial charge in [0.05, 0.1) is 6.61 Å². The van der Waals surface area contributed by atoms with Gasteiger partial charge in [0.25, 0.3) is 0 Å². The number of aliphatic hydroxyl groups excluding tert-OH is 1. The van der Waals surface area contributed by atoms with E-state index in [1.54, 1.807) is 0 Å². The highest BCUT2D eigenvalue weighted by Gasteiger charge is 2.57. The first-order valence-corrected chi connectivity index (χ1v) is 4.65. The minimum absolute atomic E-state index is 0.249. The molecule has 2 fully saturated rings. The molecule has 2 unspecified atom stereocenters. The molecule has 2 aliphatic rings. The Morgan fingerprint density at radius 2 is 2.23 bits per heavy atom. The lowest BCUT2D eigenvalue weighted by molar-refractivity contribution is -0.152. The lowest BCUT2D eigenvalue weighted by Gasteiger charge is -2.24. The second kappa shape index (κ2) is 2.96. The molecule has 0 aromatic heterocycles. The first-order valence-electron chi connectivity index (χ1n) is 4.65. The highest BCUT2D eigenvalue weighted by atomic mass is 16.5. The summed E-state index contributed by atoms with van der Waals surface area (Å²) in [7, 11) is 0. The van der Waals surface area contributed by atoms with Gasteiger partial charge < -0.3 is 14.9 Å². The van der Waals surface area contributed by atoms with Gasteiger partial charge in [-0.2, -0.15) is 0 Å². The van der Waals surface area contributed by atoms with Gasteiger partial charge in [0.1, 0.15) is 0 Å². The lowest BCUT2D eigenvalue weighted by Crippen LogP contribution is -2.36. The number of ether oxygens (including phenoxy) is 1. The van der Waals surface area contributed by atoms with E-state index in [1.165, 1.54) is 0 Å². The van der Waals surface area contributed by atoms with Gasteiger partial charge in [-0.3, -0.25) is 0 Å². The highest BCUT2D eigenvalue weighted by Crippen LogP contribution is 2.57. The molecule has 4 heteroatoms. The van der Waals surface area contributed by atoms with Gasteiger partial charge in [0.2, 0.25) is 0 Å². The van der Waals surface area contributed by atoms with Crippen molar-refractivity contribution in [3.05, 3.63) is 0 Å². The lowest BCUT2D eigenvalue weighted by atomic mass is 9.83. The van der Waals surface area contributed by atoms with Crippen LogP contribution >= 0.6 is 0 Å². The average molecular weight is 186 g/mol. The molecule has 2 atom stereocenters. The molecule has 74 valence electrons. The topological polar surface area (TPSA) is 66.8 Å². The van der Waals surface area contributed by atoms with Crippen LogP contribution in [0.3, 0.4) is 0 Å². The first-order chi connectivity index (χ1) is 6.17. The number of aliphatic carboxylic acids is 1. The van der Waals surface area contributed by atoms with E-state index in [-0.39, 0.29) is 11.3 Å². The van der Waals surface area contributed by atoms with E-state index in [2.05, 4.69) is 0 Å². The molecule has 0 bridgehead atoms. The zero-order chi connectivity index (χ0) is 9.47. The molecule has 2 N–H and O–H groups in total. The molecule has 0 aromatic carbocycles. The Hall–Kier alpha value is -0.610. The fourth-order valence-electron chi connectivity index (χ4n) is 2.28. The van der Waals surface area contributed by atoms with Crippen molar-refractivity contribution in [2.45, 2.75) is 25.4 Å². The molecule has 1 saturated heterocycles. The largest absolute Gasteiger partial charge is 0.479 e. The van der Waals surface area contributed by atoms with Crippen molar-refractivity contribution < 1.29 is 19.7 Å². The third kappa shape index (κ3) is 1.34. The second-order valence-corrected chi connectivity index (χ2v) is 4.03. The van der Waals surface area contributed by atoms with Crippen molar-refractivity contribution in [2.75, 3.05) is 13.2 Å². The molecular formula is C9H14O4. The van der Waals surface area contributed by atoms with Crippen LogP contribution in [0, 0.1) is 11.3 Å². The van der Waals surface area contributed by atoms with E-state index in [0.717, 1.165) is 19.3 Å². The molecule has 2 rings (SSSR count). The van der Waals surface area contributed by atoms with Crippen LogP contribution in [-0.2, 0) is 9.53 Å². The van der Waals surface area contributed by atoms with Gasteiger partial charge in [-0.05, 0) is 25.2 Å². The summed E-state index contributed by atoms with van der Waals surface area (Å²) >= 11 is 0. The van der Waals surface area contributed by atoms with Gasteiger partial charge >= 0.3 is 5.97 Å². The molecule has 0 amide bonds. The Bertz CT molecular complexity index is 216. The quantitative estimate of drug-likeness (QED) is 0.663. The normalized spacial score (nSPS) is 32.8. The Morgan fingerprint density at radius 3 is 2.62 bits per heavy atom. The molecule has 0 spiro atoms. The Balaban J connectivity index is 2.06. The highest BCUT2D eigenvalue weighted by molar-refractivity contribution is 5.73. The van der Waals surface area contributed by atoms with Crippen molar-refractivity contribution >= 4 is 5.97 Å². The molecule has 1 heterocycles. The van der Waals surface area contributed by atoms with Crippen molar-refractivity contribution in [3.63, 3.8) is 0 Å². The van der Waals surface area contributed by atoms with Gasteiger partial charge in [-0.15, -0.1) is 0 Å². The molecule has 1 aliphatic heterocycles. The van der Waals surface area contributed by atoms with Crippen LogP contribution in [0.15, 0.2) is 0 Å². The number of carbonyl (C=O) groups is 1. The van der Waals surface area contributed by atoms with E-state index in [0.29, 0.717) is 13.2 Å². The van der Waals surface area contributed by atoms with Crippen LogP contribution < -0.4 is 0 Å². The smallest absolute Gasteiger partial charge is 0.333 e. The van der Waals surface area contributed by atoms with E-state index < -0.39 is 12.1 Å². The van der Waals surface area contributed by atoms with Crippen LogP contribution in [0.2, 0.25) is 0 Å². The van der Waals surface area contributed by atoms with Crippen LogP contribution in [-0.4, -0.2) is 35.5 Å². The van der Waals surface area contributed by atoms with Gasteiger partial charge in [-0.1, -0.05) is 0 Å². The standard InChI is InChI=1S/C9H14O4/c10-7(8(11)12)9(2-3-9)6-1-4-13-5-6/h6-7,10H,1-5H2,(H,11,12). The summed E-state index contributed by atoms with van der Waals surface area (Å²) in [6.45, 7) is 1.32. The first kappa shape index (κ1) is 8.97. The number of carboxylic acids is 1. The van der Waals surface area contributed by atoms with Gasteiger partial charge in [0, 0.05) is 12.0 Å². The van der Waals surface area contributed by atoms with E-state index in [4.69, 9.17) is 9.84 Å². The SMILES string of the molecule is O=C(O)C(O)C1(C2CCOC2)CC1. The summed E-state index contributed by atoms with van der Waals surface area (Å²) in [6, 6.07) is 0. The summed E-state index contributed by atoms with van der Waals surface area (Å²) in [5, 5.41) is 18.2. The number of aliphatic hydroxyl groups is 1. The molecule has 0 radical (unpaired) electrons. The fraction of sp³-hybridized carbons (Fsp3) is 0.889. The van der Waals surface area contributed by atoms with Crippen molar-refractivity contribution in [1.82, 2.24) is 0 Å². The maximum Gasteiger partial charge on any atom is 0.333 e. The minimum Gasteiger partial charge on any atom is -0.479 e. The van der Waals surface area contributed by atoms with Gasteiger partial charge in [-0.25, -0.2) is 4.79 Å². The number of rotatable bonds is 3. The minimum atomic E-state index is -1.20. The van der Waals surface area contributed by atoms with Crippen LogP contribution in [0.5, 0.6) is 0 Å². The molecule has 1 saturated carbocycles. The number of carboxylic acid groups (broad SMARTS) is 1. The number of hydrogen-bond donors (Lipinski definition) is 2. The predicted octanol–water partition coefficient (Wildman–Crippen LogP) is 0.249. The van der Waals surface area contributed by atoms with E-state index in [1.807, 2.05) is 0 Å². The zero-order valence-electron chi connectivity index (χ0n) is 7.40. The molecule has 0 aromatic rings. The third-order valence-electron chi connectivity index (χ3n) is 3.35.